The summed E-state index contributed by atoms with van der Waals surface area (Å²) in [5, 5.41) is 7.94. The Balaban J connectivity index is 1.83. The molecule has 0 spiro atoms. The van der Waals surface area contributed by atoms with E-state index in [0.717, 1.165) is 22.8 Å². The van der Waals surface area contributed by atoms with E-state index in [9.17, 15) is 0 Å². The molecule has 3 rings (SSSR count). The van der Waals surface area contributed by atoms with E-state index in [2.05, 4.69) is 29.2 Å². The minimum atomic E-state index is 0.137. The van der Waals surface area contributed by atoms with E-state index in [1.807, 2.05) is 65.6 Å². The molecule has 2 aromatic heterocycles. The highest BCUT2D eigenvalue weighted by atomic mass is 15.3. The maximum absolute atomic E-state index is 4.47. The van der Waals surface area contributed by atoms with Crippen molar-refractivity contribution in [3.05, 3.63) is 72.3 Å². The van der Waals surface area contributed by atoms with E-state index >= 15 is 0 Å². The van der Waals surface area contributed by atoms with Crippen LogP contribution in [0.5, 0.6) is 0 Å². The lowest BCUT2D eigenvalue weighted by Crippen LogP contribution is -2.09. The first kappa shape index (κ1) is 13.4. The molecule has 0 radical (unpaired) electrons. The lowest BCUT2D eigenvalue weighted by atomic mass is 10.2. The lowest BCUT2D eigenvalue weighted by Gasteiger charge is -2.14. The van der Waals surface area contributed by atoms with Gasteiger partial charge in [-0.05, 0) is 38.1 Å². The molecule has 0 amide bonds. The number of rotatable bonds is 4. The Labute approximate surface area is 124 Å². The number of anilines is 1. The zero-order chi connectivity index (χ0) is 14.7. The maximum atomic E-state index is 4.47. The fourth-order valence-corrected chi connectivity index (χ4v) is 2.32. The van der Waals surface area contributed by atoms with Gasteiger partial charge in [0.15, 0.2) is 0 Å². The van der Waals surface area contributed by atoms with Gasteiger partial charge in [0, 0.05) is 6.20 Å². The molecule has 1 atom stereocenters. The zero-order valence-corrected chi connectivity index (χ0v) is 12.2. The largest absolute Gasteiger partial charge is 0.374 e. The van der Waals surface area contributed by atoms with Crippen molar-refractivity contribution in [1.82, 2.24) is 14.8 Å². The third-order valence-corrected chi connectivity index (χ3v) is 3.51. The van der Waals surface area contributed by atoms with Gasteiger partial charge in [-0.3, -0.25) is 4.98 Å². The summed E-state index contributed by atoms with van der Waals surface area (Å²) >= 11 is 0. The Morgan fingerprint density at radius 1 is 1.05 bits per heavy atom. The highest BCUT2D eigenvalue weighted by Gasteiger charge is 2.12. The van der Waals surface area contributed by atoms with Gasteiger partial charge in [-0.2, -0.15) is 5.10 Å². The lowest BCUT2D eigenvalue weighted by molar-refractivity contribution is 0.830. The molecular weight excluding hydrogens is 260 g/mol. The van der Waals surface area contributed by atoms with Gasteiger partial charge in [-0.1, -0.05) is 24.3 Å². The van der Waals surface area contributed by atoms with E-state index in [-0.39, 0.29) is 6.04 Å². The van der Waals surface area contributed by atoms with Crippen molar-refractivity contribution >= 4 is 5.69 Å². The summed E-state index contributed by atoms with van der Waals surface area (Å²) in [6.45, 7) is 4.16. The molecule has 0 saturated carbocycles. The zero-order valence-electron chi connectivity index (χ0n) is 12.2. The third kappa shape index (κ3) is 2.79. The summed E-state index contributed by atoms with van der Waals surface area (Å²) < 4.78 is 1.94. The first-order valence-electron chi connectivity index (χ1n) is 7.03. The molecule has 0 aliphatic carbocycles. The molecule has 2 heterocycles. The summed E-state index contributed by atoms with van der Waals surface area (Å²) in [7, 11) is 0. The van der Waals surface area contributed by atoms with Crippen molar-refractivity contribution in [2.45, 2.75) is 19.9 Å². The quantitative estimate of drug-likeness (QED) is 0.790. The van der Waals surface area contributed by atoms with E-state index in [1.54, 1.807) is 0 Å². The van der Waals surface area contributed by atoms with Crippen molar-refractivity contribution in [3.63, 3.8) is 0 Å². The second-order valence-corrected chi connectivity index (χ2v) is 5.01. The Morgan fingerprint density at radius 2 is 1.81 bits per heavy atom. The van der Waals surface area contributed by atoms with Crippen molar-refractivity contribution in [2.24, 2.45) is 0 Å². The second-order valence-electron chi connectivity index (χ2n) is 5.01. The fraction of sp³-hybridized carbons (Fsp3) is 0.176. The van der Waals surface area contributed by atoms with Gasteiger partial charge in [0.25, 0.3) is 0 Å². The van der Waals surface area contributed by atoms with E-state index < -0.39 is 0 Å². The summed E-state index contributed by atoms with van der Waals surface area (Å²) in [5.74, 6) is 0. The molecule has 4 heteroatoms. The Kier molecular flexibility index (Phi) is 3.69. The number of benzene rings is 1. The average molecular weight is 278 g/mol. The summed E-state index contributed by atoms with van der Waals surface area (Å²) in [4.78, 5) is 4.38. The van der Waals surface area contributed by atoms with Gasteiger partial charge in [0.05, 0.1) is 35.0 Å². The van der Waals surface area contributed by atoms with Crippen LogP contribution < -0.4 is 5.32 Å². The third-order valence-electron chi connectivity index (χ3n) is 3.51. The number of nitrogens with one attached hydrogen (secondary N) is 1. The van der Waals surface area contributed by atoms with Gasteiger partial charge >= 0.3 is 0 Å². The average Bonchev–Trinajstić information content (AvgIpc) is 2.90. The normalized spacial score (nSPS) is 12.1. The predicted octanol–water partition coefficient (Wildman–Crippen LogP) is 3.75. The molecule has 0 bridgehead atoms. The molecular formula is C17H18N4. The predicted molar refractivity (Wildman–Crippen MR) is 84.6 cm³/mol. The van der Waals surface area contributed by atoms with Crippen molar-refractivity contribution < 1.29 is 0 Å². The van der Waals surface area contributed by atoms with Crippen LogP contribution in [0.4, 0.5) is 5.69 Å². The highest BCUT2D eigenvalue weighted by molar-refractivity contribution is 5.50. The van der Waals surface area contributed by atoms with Crippen LogP contribution in [-0.4, -0.2) is 14.8 Å². The number of hydrogen-bond acceptors (Lipinski definition) is 3. The number of para-hydroxylation sites is 1. The van der Waals surface area contributed by atoms with Crippen molar-refractivity contribution in [3.8, 4) is 5.69 Å². The topological polar surface area (TPSA) is 42.7 Å². The van der Waals surface area contributed by atoms with Crippen molar-refractivity contribution in [1.29, 1.82) is 0 Å². The molecule has 106 valence electrons. The molecule has 21 heavy (non-hydrogen) atoms. The second kappa shape index (κ2) is 5.79. The molecule has 1 aromatic carbocycles. The van der Waals surface area contributed by atoms with Crippen LogP contribution in [0, 0.1) is 6.92 Å². The maximum Gasteiger partial charge on any atom is 0.0766 e. The first-order valence-corrected chi connectivity index (χ1v) is 7.03. The standard InChI is InChI=1S/C17H18N4/c1-13(16-10-6-7-11-18-16)20-17-12-19-21(14(17)2)15-8-4-3-5-9-15/h3-13,20H,1-2H3/t13-/m0/s1. The number of nitrogens with zero attached hydrogens (tertiary/aromatic N) is 3. The molecule has 4 nitrogen and oxygen atoms in total. The van der Waals surface area contributed by atoms with Crippen LogP contribution in [0.25, 0.3) is 5.69 Å². The summed E-state index contributed by atoms with van der Waals surface area (Å²) in [6, 6.07) is 16.2. The number of hydrogen-bond donors (Lipinski definition) is 1. The Bertz CT molecular complexity index is 704. The Hall–Kier alpha value is -2.62. The monoisotopic (exact) mass is 278 g/mol. The van der Waals surface area contributed by atoms with Crippen LogP contribution in [0.2, 0.25) is 0 Å². The van der Waals surface area contributed by atoms with Crippen molar-refractivity contribution in [2.75, 3.05) is 5.32 Å². The molecule has 3 aromatic rings. The molecule has 0 saturated heterocycles. The first-order chi connectivity index (χ1) is 10.3. The minimum Gasteiger partial charge on any atom is -0.374 e. The van der Waals surface area contributed by atoms with E-state index in [1.165, 1.54) is 0 Å². The molecule has 0 aliphatic heterocycles. The van der Waals surface area contributed by atoms with Crippen LogP contribution >= 0.6 is 0 Å². The minimum absolute atomic E-state index is 0.137. The van der Waals surface area contributed by atoms with Crippen LogP contribution in [0.15, 0.2) is 60.9 Å². The molecule has 0 aliphatic rings. The SMILES string of the molecule is Cc1c(N[C@@H](C)c2ccccn2)cnn1-c1ccccc1. The van der Waals surface area contributed by atoms with Crippen LogP contribution in [0.3, 0.4) is 0 Å². The summed E-state index contributed by atoms with van der Waals surface area (Å²) in [5.41, 5.74) is 4.19. The molecule has 1 N–H and O–H groups in total. The van der Waals surface area contributed by atoms with Gasteiger partial charge in [-0.25, -0.2) is 4.68 Å². The molecule has 0 unspecified atom stereocenters. The number of pyridine rings is 1. The van der Waals surface area contributed by atoms with Gasteiger partial charge < -0.3 is 5.32 Å². The van der Waals surface area contributed by atoms with E-state index in [4.69, 9.17) is 0 Å². The Morgan fingerprint density at radius 3 is 2.52 bits per heavy atom. The fourth-order valence-electron chi connectivity index (χ4n) is 2.32. The van der Waals surface area contributed by atoms with Crippen LogP contribution in [-0.2, 0) is 0 Å². The van der Waals surface area contributed by atoms with Gasteiger partial charge in [0.1, 0.15) is 0 Å². The highest BCUT2D eigenvalue weighted by Crippen LogP contribution is 2.22. The van der Waals surface area contributed by atoms with Gasteiger partial charge in [0.2, 0.25) is 0 Å². The summed E-state index contributed by atoms with van der Waals surface area (Å²) in [6.07, 6.45) is 3.68. The smallest absolute Gasteiger partial charge is 0.0766 e. The van der Waals surface area contributed by atoms with E-state index in [0.29, 0.717) is 0 Å². The number of aromatic nitrogens is 3. The molecule has 0 fully saturated rings. The van der Waals surface area contributed by atoms with Crippen LogP contribution in [0.1, 0.15) is 24.4 Å². The van der Waals surface area contributed by atoms with Gasteiger partial charge in [-0.15, -0.1) is 0 Å².